The van der Waals surface area contributed by atoms with Crippen molar-refractivity contribution in [2.45, 2.75) is 26.3 Å². The van der Waals surface area contributed by atoms with Gasteiger partial charge < -0.3 is 10.6 Å². The average Bonchev–Trinajstić information content (AvgIpc) is 2.70. The number of rotatable bonds is 5. The van der Waals surface area contributed by atoms with E-state index >= 15 is 0 Å². The van der Waals surface area contributed by atoms with Crippen molar-refractivity contribution < 1.29 is 4.79 Å². The lowest BCUT2D eigenvalue weighted by molar-refractivity contribution is 0.0778. The molecule has 1 unspecified atom stereocenters. The van der Waals surface area contributed by atoms with Gasteiger partial charge in [0.1, 0.15) is 5.69 Å². The van der Waals surface area contributed by atoms with Crippen LogP contribution in [0.4, 0.5) is 0 Å². The van der Waals surface area contributed by atoms with Crippen molar-refractivity contribution in [3.63, 3.8) is 0 Å². The van der Waals surface area contributed by atoms with E-state index in [2.05, 4.69) is 18.9 Å². The minimum absolute atomic E-state index is 0.0130. The molecular weight excluding hydrogens is 216 g/mol. The van der Waals surface area contributed by atoms with Gasteiger partial charge in [-0.2, -0.15) is 5.10 Å². The molecule has 0 spiro atoms. The third-order valence-electron chi connectivity index (χ3n) is 3.04. The largest absolute Gasteiger partial charge is 0.340 e. The summed E-state index contributed by atoms with van der Waals surface area (Å²) in [4.78, 5) is 13.7. The molecule has 96 valence electrons. The highest BCUT2D eigenvalue weighted by Crippen LogP contribution is 2.06. The molecule has 17 heavy (non-hydrogen) atoms. The fraction of sp³-hybridized carbons (Fsp3) is 0.667. The van der Waals surface area contributed by atoms with Crippen LogP contribution in [0.5, 0.6) is 0 Å². The molecule has 0 fully saturated rings. The number of aromatic nitrogens is 2. The lowest BCUT2D eigenvalue weighted by atomic mass is 10.0. The fourth-order valence-electron chi connectivity index (χ4n) is 1.56. The quantitative estimate of drug-likeness (QED) is 0.827. The zero-order chi connectivity index (χ0) is 13.0. The smallest absolute Gasteiger partial charge is 0.271 e. The van der Waals surface area contributed by atoms with Gasteiger partial charge in [0.2, 0.25) is 0 Å². The van der Waals surface area contributed by atoms with Crippen LogP contribution < -0.4 is 5.73 Å². The highest BCUT2D eigenvalue weighted by molar-refractivity contribution is 5.92. The Kier molecular flexibility index (Phi) is 4.69. The van der Waals surface area contributed by atoms with Gasteiger partial charge in [-0.3, -0.25) is 9.48 Å². The SMILES string of the molecule is CC(C)C(N)CCN(C)C(=O)c1ccnn1C. The first kappa shape index (κ1) is 13.7. The topological polar surface area (TPSA) is 64.2 Å². The van der Waals surface area contributed by atoms with E-state index < -0.39 is 0 Å². The minimum atomic E-state index is -0.0130. The Morgan fingerprint density at radius 1 is 1.59 bits per heavy atom. The molecule has 1 amide bonds. The molecule has 1 aromatic heterocycles. The predicted octanol–water partition coefficient (Wildman–Crippen LogP) is 0.865. The van der Waals surface area contributed by atoms with Crippen LogP contribution >= 0.6 is 0 Å². The Morgan fingerprint density at radius 3 is 2.71 bits per heavy atom. The molecule has 5 nitrogen and oxygen atoms in total. The van der Waals surface area contributed by atoms with E-state index in [0.29, 0.717) is 18.2 Å². The summed E-state index contributed by atoms with van der Waals surface area (Å²) in [5.41, 5.74) is 6.56. The van der Waals surface area contributed by atoms with Gasteiger partial charge in [-0.15, -0.1) is 0 Å². The monoisotopic (exact) mass is 238 g/mol. The fourth-order valence-corrected chi connectivity index (χ4v) is 1.56. The summed E-state index contributed by atoms with van der Waals surface area (Å²) in [7, 11) is 3.56. The second-order valence-corrected chi connectivity index (χ2v) is 4.76. The van der Waals surface area contributed by atoms with Crippen LogP contribution in [0.3, 0.4) is 0 Å². The lowest BCUT2D eigenvalue weighted by Crippen LogP contribution is -2.35. The van der Waals surface area contributed by atoms with Gasteiger partial charge in [0.05, 0.1) is 0 Å². The molecule has 5 heteroatoms. The van der Waals surface area contributed by atoms with Gasteiger partial charge in [0, 0.05) is 32.9 Å². The van der Waals surface area contributed by atoms with E-state index in [1.54, 1.807) is 35.9 Å². The van der Waals surface area contributed by atoms with E-state index in [4.69, 9.17) is 5.73 Å². The van der Waals surface area contributed by atoms with Crippen LogP contribution in [-0.4, -0.2) is 40.2 Å². The van der Waals surface area contributed by atoms with E-state index in [9.17, 15) is 4.79 Å². The first-order valence-corrected chi connectivity index (χ1v) is 5.92. The van der Waals surface area contributed by atoms with Crippen molar-refractivity contribution in [2.24, 2.45) is 18.7 Å². The van der Waals surface area contributed by atoms with Crippen molar-refractivity contribution in [3.05, 3.63) is 18.0 Å². The van der Waals surface area contributed by atoms with Crippen molar-refractivity contribution in [1.29, 1.82) is 0 Å². The molecule has 0 bridgehead atoms. The number of nitrogens with zero attached hydrogens (tertiary/aromatic N) is 3. The van der Waals surface area contributed by atoms with Gasteiger partial charge in [0.15, 0.2) is 0 Å². The summed E-state index contributed by atoms with van der Waals surface area (Å²) in [6.07, 6.45) is 2.44. The lowest BCUT2D eigenvalue weighted by Gasteiger charge is -2.21. The number of nitrogens with two attached hydrogens (primary N) is 1. The van der Waals surface area contributed by atoms with E-state index in [1.165, 1.54) is 0 Å². The minimum Gasteiger partial charge on any atom is -0.340 e. The zero-order valence-corrected chi connectivity index (χ0v) is 11.1. The number of hydrogen-bond donors (Lipinski definition) is 1. The molecule has 0 radical (unpaired) electrons. The normalized spacial score (nSPS) is 12.8. The Morgan fingerprint density at radius 2 is 2.24 bits per heavy atom. The van der Waals surface area contributed by atoms with Gasteiger partial charge in [0.25, 0.3) is 5.91 Å². The van der Waals surface area contributed by atoms with Crippen LogP contribution in [0.15, 0.2) is 12.3 Å². The standard InChI is InChI=1S/C12H22N4O/c1-9(2)10(13)6-8-15(3)12(17)11-5-7-14-16(11)4/h5,7,9-10H,6,8,13H2,1-4H3. The summed E-state index contributed by atoms with van der Waals surface area (Å²) in [6.45, 7) is 4.85. The molecule has 1 rings (SSSR count). The molecular formula is C12H22N4O. The molecule has 0 aliphatic heterocycles. The zero-order valence-electron chi connectivity index (χ0n) is 11.1. The van der Waals surface area contributed by atoms with E-state index in [0.717, 1.165) is 6.42 Å². The van der Waals surface area contributed by atoms with Crippen molar-refractivity contribution in [3.8, 4) is 0 Å². The molecule has 0 aliphatic rings. The van der Waals surface area contributed by atoms with Gasteiger partial charge in [-0.25, -0.2) is 0 Å². The van der Waals surface area contributed by atoms with Crippen LogP contribution in [0, 0.1) is 5.92 Å². The summed E-state index contributed by atoms with van der Waals surface area (Å²) in [6, 6.07) is 1.86. The molecule has 2 N–H and O–H groups in total. The van der Waals surface area contributed by atoms with Crippen molar-refractivity contribution in [1.82, 2.24) is 14.7 Å². The number of hydrogen-bond acceptors (Lipinski definition) is 3. The van der Waals surface area contributed by atoms with Gasteiger partial charge in [-0.1, -0.05) is 13.8 Å². The number of carbonyl (C=O) groups excluding carboxylic acids is 1. The predicted molar refractivity (Wildman–Crippen MR) is 67.6 cm³/mol. The first-order chi connectivity index (χ1) is 7.93. The summed E-state index contributed by atoms with van der Waals surface area (Å²) in [5.74, 6) is 0.427. The van der Waals surface area contributed by atoms with Crippen molar-refractivity contribution >= 4 is 5.91 Å². The summed E-state index contributed by atoms with van der Waals surface area (Å²) < 4.78 is 1.58. The van der Waals surface area contributed by atoms with Crippen LogP contribution in [0.25, 0.3) is 0 Å². The molecule has 0 aliphatic carbocycles. The maximum atomic E-state index is 12.0. The number of aryl methyl sites for hydroxylation is 1. The number of amides is 1. The van der Waals surface area contributed by atoms with Crippen LogP contribution in [0.1, 0.15) is 30.8 Å². The number of carbonyl (C=O) groups is 1. The summed E-state index contributed by atoms with van der Waals surface area (Å²) in [5, 5.41) is 3.99. The molecule has 0 saturated carbocycles. The van der Waals surface area contributed by atoms with Gasteiger partial charge in [-0.05, 0) is 18.4 Å². The van der Waals surface area contributed by atoms with Gasteiger partial charge >= 0.3 is 0 Å². The Bertz CT molecular complexity index is 372. The Labute approximate surface area is 103 Å². The first-order valence-electron chi connectivity index (χ1n) is 5.92. The average molecular weight is 238 g/mol. The third kappa shape index (κ3) is 3.56. The molecule has 1 aromatic rings. The Hall–Kier alpha value is -1.36. The molecule has 1 heterocycles. The summed E-state index contributed by atoms with van der Waals surface area (Å²) >= 11 is 0. The van der Waals surface area contributed by atoms with Crippen LogP contribution in [0.2, 0.25) is 0 Å². The molecule has 1 atom stereocenters. The van der Waals surface area contributed by atoms with Crippen LogP contribution in [-0.2, 0) is 7.05 Å². The van der Waals surface area contributed by atoms with E-state index in [-0.39, 0.29) is 11.9 Å². The highest BCUT2D eigenvalue weighted by atomic mass is 16.2. The Balaban J connectivity index is 2.51. The van der Waals surface area contributed by atoms with E-state index in [1.807, 2.05) is 0 Å². The van der Waals surface area contributed by atoms with Crippen molar-refractivity contribution in [2.75, 3.05) is 13.6 Å². The molecule has 0 aromatic carbocycles. The third-order valence-corrected chi connectivity index (χ3v) is 3.04. The second kappa shape index (κ2) is 5.82. The maximum absolute atomic E-state index is 12.0. The highest BCUT2D eigenvalue weighted by Gasteiger charge is 2.16. The maximum Gasteiger partial charge on any atom is 0.271 e. The molecule has 0 saturated heterocycles. The second-order valence-electron chi connectivity index (χ2n) is 4.76.